The van der Waals surface area contributed by atoms with Crippen molar-refractivity contribution >= 4 is 0 Å². The summed E-state index contributed by atoms with van der Waals surface area (Å²) in [6, 6.07) is 0.282. The van der Waals surface area contributed by atoms with Crippen molar-refractivity contribution in [2.45, 2.75) is 19.4 Å². The molecule has 2 nitrogen and oxygen atoms in total. The topological polar surface area (TPSA) is 53.7 Å². The number of hydrogen-bond donors (Lipinski definition) is 2. The van der Waals surface area contributed by atoms with Crippen molar-refractivity contribution in [3.8, 4) is 0 Å². The van der Waals surface area contributed by atoms with Crippen molar-refractivity contribution < 1.29 is 36.8 Å². The molecule has 0 saturated heterocycles. The second-order valence-electron chi connectivity index (χ2n) is 1.69. The van der Waals surface area contributed by atoms with Crippen LogP contribution in [0.5, 0.6) is 0 Å². The fraction of sp³-hybridized carbons (Fsp3) is 0.800. The van der Waals surface area contributed by atoms with Gasteiger partial charge in [-0.25, -0.2) is 0 Å². The maximum Gasteiger partial charge on any atom is 0.0868 e. The van der Waals surface area contributed by atoms with Gasteiger partial charge in [-0.1, -0.05) is 0 Å². The molecule has 0 aliphatic heterocycles. The molecule has 0 bridgehead atoms. The second-order valence-corrected chi connectivity index (χ2v) is 1.69. The van der Waals surface area contributed by atoms with Gasteiger partial charge in [-0.3, -0.25) is 0 Å². The van der Waals surface area contributed by atoms with Crippen LogP contribution in [0, 0.1) is 37.5 Å². The van der Waals surface area contributed by atoms with Crippen LogP contribution in [0.3, 0.4) is 0 Å². The first kappa shape index (κ1) is 11.7. The van der Waals surface area contributed by atoms with Crippen LogP contribution in [-0.4, -0.2) is 12.6 Å². The van der Waals surface area contributed by atoms with E-state index in [1.54, 1.807) is 0 Å². The van der Waals surface area contributed by atoms with E-state index in [0.29, 0.717) is 0 Å². The molecule has 8 heavy (non-hydrogen) atoms. The Balaban J connectivity index is 0. The monoisotopic (exact) mass is 340 g/mol. The third-order valence-electron chi connectivity index (χ3n) is 0.909. The smallest absolute Gasteiger partial charge is 0.0868 e. The van der Waals surface area contributed by atoms with Crippen LogP contribution in [0.25, 0.3) is 0 Å². The normalized spacial score (nSPS) is 12.4. The Morgan fingerprint density at radius 2 is 2.25 bits per heavy atom. The van der Waals surface area contributed by atoms with Crippen LogP contribution in [0.15, 0.2) is 0 Å². The van der Waals surface area contributed by atoms with Crippen molar-refractivity contribution in [1.82, 2.24) is 0 Å². The molecule has 0 aromatic carbocycles. The van der Waals surface area contributed by atoms with E-state index in [1.807, 2.05) is 6.92 Å². The zero-order valence-electron chi connectivity index (χ0n) is 5.35. The molecule has 1 unspecified atom stereocenters. The Kier molecular flexibility index (Phi) is 11.7. The van der Waals surface area contributed by atoms with Gasteiger partial charge in [0.25, 0.3) is 0 Å². The van der Waals surface area contributed by atoms with Crippen LogP contribution >= 0.6 is 0 Å². The van der Waals surface area contributed by atoms with Gasteiger partial charge < -0.3 is 17.9 Å². The second kappa shape index (κ2) is 7.97. The summed E-state index contributed by atoms with van der Waals surface area (Å²) in [7, 11) is 0. The van der Waals surface area contributed by atoms with Gasteiger partial charge in [0.15, 0.2) is 0 Å². The zero-order chi connectivity index (χ0) is 5.70. The summed E-state index contributed by atoms with van der Waals surface area (Å²) in [6.45, 7) is 2.85. The number of nitrogens with two attached hydrogens (primary N) is 1. The van der Waals surface area contributed by atoms with Gasteiger partial charge in [0.05, 0.1) is 6.54 Å². The standard InChI is InChI=1S/C5H13N2.U/c1-2-3-5(7)4-6;/h2,5H,3-4,6-7H2,1H3;/q-1;/p+1. The summed E-state index contributed by atoms with van der Waals surface area (Å²) in [5.74, 6) is 0. The van der Waals surface area contributed by atoms with Crippen molar-refractivity contribution in [2.75, 3.05) is 6.54 Å². The van der Waals surface area contributed by atoms with Gasteiger partial charge in [0.2, 0.25) is 0 Å². The van der Waals surface area contributed by atoms with Crippen molar-refractivity contribution in [3.63, 3.8) is 0 Å². The van der Waals surface area contributed by atoms with E-state index in [4.69, 9.17) is 5.73 Å². The molecule has 5 N–H and O–H groups in total. The van der Waals surface area contributed by atoms with Crippen molar-refractivity contribution in [1.29, 1.82) is 0 Å². The van der Waals surface area contributed by atoms with Gasteiger partial charge in [0, 0.05) is 37.2 Å². The average molecular weight is 340 g/mol. The molecule has 0 spiro atoms. The van der Waals surface area contributed by atoms with Gasteiger partial charge in [-0.15, -0.1) is 0 Å². The van der Waals surface area contributed by atoms with Crippen LogP contribution in [0.4, 0.5) is 0 Å². The molecule has 0 aromatic heterocycles. The first-order valence-electron chi connectivity index (χ1n) is 2.64. The van der Waals surface area contributed by atoms with Gasteiger partial charge in [-0.2, -0.15) is 13.3 Å². The molecular formula is C5H14N2U. The van der Waals surface area contributed by atoms with Gasteiger partial charge >= 0.3 is 0 Å². The fourth-order valence-corrected chi connectivity index (χ4v) is 0.421. The molecule has 0 amide bonds. The SMILES string of the molecule is C[CH-]CC(N)C[NH3+].[U]. The predicted molar refractivity (Wildman–Crippen MR) is 30.3 cm³/mol. The number of quaternary nitrogens is 1. The molecule has 3 heteroatoms. The Hall–Kier alpha value is 0.972. The summed E-state index contributed by atoms with van der Waals surface area (Å²) >= 11 is 0. The van der Waals surface area contributed by atoms with Gasteiger partial charge in [0.1, 0.15) is 0 Å². The predicted octanol–water partition coefficient (Wildman–Crippen LogP) is -0.830. The first-order valence-corrected chi connectivity index (χ1v) is 2.64. The molecule has 0 radical (unpaired) electrons. The summed E-state index contributed by atoms with van der Waals surface area (Å²) in [5.41, 5.74) is 9.15. The average Bonchev–Trinajstić information content (AvgIpc) is 1.68. The molecule has 0 saturated carbocycles. The van der Waals surface area contributed by atoms with E-state index in [9.17, 15) is 0 Å². The van der Waals surface area contributed by atoms with Crippen molar-refractivity contribution in [3.05, 3.63) is 6.42 Å². The third kappa shape index (κ3) is 6.97. The van der Waals surface area contributed by atoms with E-state index in [-0.39, 0.29) is 37.2 Å². The maximum atomic E-state index is 5.49. The minimum absolute atomic E-state index is 0. The van der Waals surface area contributed by atoms with E-state index in [0.717, 1.165) is 13.0 Å². The summed E-state index contributed by atoms with van der Waals surface area (Å²) in [5, 5.41) is 0. The van der Waals surface area contributed by atoms with Crippen LogP contribution in [-0.2, 0) is 0 Å². The Bertz CT molecular complexity index is 41.4. The van der Waals surface area contributed by atoms with E-state index in [2.05, 4.69) is 12.2 Å². The Labute approximate surface area is 74.8 Å². The summed E-state index contributed by atoms with van der Waals surface area (Å²) < 4.78 is 0. The molecule has 0 aliphatic carbocycles. The van der Waals surface area contributed by atoms with Crippen LogP contribution in [0.2, 0.25) is 0 Å². The third-order valence-corrected chi connectivity index (χ3v) is 0.909. The molecule has 0 aliphatic rings. The largest absolute Gasteiger partial charge is 0.356 e. The minimum atomic E-state index is 0. The summed E-state index contributed by atoms with van der Waals surface area (Å²) in [4.78, 5) is 0. The summed E-state index contributed by atoms with van der Waals surface area (Å²) in [6.07, 6.45) is 3.05. The fourth-order valence-electron chi connectivity index (χ4n) is 0.421. The molecule has 48 valence electrons. The zero-order valence-corrected chi connectivity index (χ0v) is 9.52. The Morgan fingerprint density at radius 1 is 1.75 bits per heavy atom. The molecule has 0 aromatic rings. The first-order chi connectivity index (χ1) is 3.31. The molecule has 0 heterocycles. The van der Waals surface area contributed by atoms with Crippen molar-refractivity contribution in [2.24, 2.45) is 5.73 Å². The molecule has 0 fully saturated rings. The minimum Gasteiger partial charge on any atom is -0.356 e. The number of rotatable bonds is 3. The van der Waals surface area contributed by atoms with Crippen LogP contribution in [0.1, 0.15) is 13.3 Å². The molecule has 0 rings (SSSR count). The quantitative estimate of drug-likeness (QED) is 0.648. The van der Waals surface area contributed by atoms with E-state index in [1.165, 1.54) is 0 Å². The molecular weight excluding hydrogens is 326 g/mol. The van der Waals surface area contributed by atoms with E-state index < -0.39 is 0 Å². The molecule has 1 atom stereocenters. The van der Waals surface area contributed by atoms with Crippen LogP contribution < -0.4 is 11.5 Å². The number of hydrogen-bond acceptors (Lipinski definition) is 1. The Morgan fingerprint density at radius 3 is 2.38 bits per heavy atom. The van der Waals surface area contributed by atoms with Gasteiger partial charge in [-0.05, 0) is 0 Å². The van der Waals surface area contributed by atoms with E-state index >= 15 is 0 Å². The maximum absolute atomic E-state index is 5.49.